The Hall–Kier alpha value is -9.58. The van der Waals surface area contributed by atoms with Crippen molar-refractivity contribution < 1.29 is 18.3 Å². The van der Waals surface area contributed by atoms with Crippen LogP contribution < -0.4 is 24.5 Å². The molecule has 4 saturated heterocycles. The first-order chi connectivity index (χ1) is 44.4. The van der Waals surface area contributed by atoms with Crippen LogP contribution in [0.15, 0.2) is 207 Å². The maximum absolute atomic E-state index is 13.3. The molecule has 91 heavy (non-hydrogen) atoms. The molecule has 0 radical (unpaired) electrons. The zero-order valence-electron chi connectivity index (χ0n) is 52.5. The number of pyridine rings is 4. The molecule has 12 aromatic rings. The minimum atomic E-state index is -0.708. The second-order valence-corrected chi connectivity index (χ2v) is 24.3. The highest BCUT2D eigenvalue weighted by molar-refractivity contribution is 5.70. The Bertz CT molecular complexity index is 4370. The molecular formula is C74H79F2N13O2. The second kappa shape index (κ2) is 27.3. The van der Waals surface area contributed by atoms with Gasteiger partial charge in [-0.2, -0.15) is 0 Å². The minimum Gasteiger partial charge on any atom is -0.380 e. The van der Waals surface area contributed by atoms with E-state index in [-0.39, 0.29) is 0 Å². The summed E-state index contributed by atoms with van der Waals surface area (Å²) in [5.74, 6) is 0. The molecule has 0 bridgehead atoms. The van der Waals surface area contributed by atoms with Gasteiger partial charge in [-0.1, -0.05) is 96.6 Å². The van der Waals surface area contributed by atoms with Crippen LogP contribution in [0.3, 0.4) is 0 Å². The van der Waals surface area contributed by atoms with Crippen molar-refractivity contribution in [2.75, 3.05) is 105 Å². The molecule has 466 valence electrons. The summed E-state index contributed by atoms with van der Waals surface area (Å²) in [6.07, 6.45) is 19.8. The van der Waals surface area contributed by atoms with E-state index < -0.39 is 12.3 Å². The predicted octanol–water partition coefficient (Wildman–Crippen LogP) is 14.3. The summed E-state index contributed by atoms with van der Waals surface area (Å²) in [6, 6.07) is 54.2. The molecule has 0 spiro atoms. The molecule has 0 N–H and O–H groups in total. The van der Waals surface area contributed by atoms with Gasteiger partial charge >= 0.3 is 0 Å². The molecule has 0 saturated carbocycles. The monoisotopic (exact) mass is 1220 g/mol. The summed E-state index contributed by atoms with van der Waals surface area (Å²) < 4.78 is 45.8. The average molecular weight is 1220 g/mol. The van der Waals surface area contributed by atoms with E-state index in [0.717, 1.165) is 138 Å². The molecule has 16 rings (SSSR count). The number of rotatable bonds is 11. The topological polar surface area (TPSA) is 104 Å². The molecule has 4 aromatic carbocycles. The van der Waals surface area contributed by atoms with Crippen molar-refractivity contribution in [2.45, 2.75) is 63.6 Å². The molecule has 8 aromatic heterocycles. The van der Waals surface area contributed by atoms with Gasteiger partial charge in [0.15, 0.2) is 0 Å². The van der Waals surface area contributed by atoms with Gasteiger partial charge in [0.25, 0.3) is 0 Å². The van der Waals surface area contributed by atoms with Crippen LogP contribution in [0.5, 0.6) is 0 Å². The van der Waals surface area contributed by atoms with Crippen LogP contribution in [0.1, 0.15) is 37.7 Å². The van der Waals surface area contributed by atoms with Gasteiger partial charge in [0.05, 0.1) is 35.0 Å². The summed E-state index contributed by atoms with van der Waals surface area (Å²) in [5.41, 5.74) is 19.3. The first kappa shape index (κ1) is 60.3. The fraction of sp³-hybridized carbons (Fsp3) is 0.297. The lowest BCUT2D eigenvalue weighted by atomic mass is 10.1. The van der Waals surface area contributed by atoms with Gasteiger partial charge in [-0.15, -0.1) is 0 Å². The van der Waals surface area contributed by atoms with E-state index in [1.165, 1.54) is 22.6 Å². The van der Waals surface area contributed by atoms with Gasteiger partial charge in [-0.05, 0) is 81.5 Å². The lowest BCUT2D eigenvalue weighted by Crippen LogP contribution is -2.34. The number of hydrogen-bond donors (Lipinski definition) is 0. The molecule has 15 nitrogen and oxygen atoms in total. The quantitative estimate of drug-likeness (QED) is 0.124. The van der Waals surface area contributed by atoms with Crippen molar-refractivity contribution in [3.05, 3.63) is 213 Å². The first-order valence-electron chi connectivity index (χ1n) is 31.7. The zero-order chi connectivity index (χ0) is 62.4. The van der Waals surface area contributed by atoms with Crippen LogP contribution in [0.25, 0.3) is 67.6 Å². The Balaban J connectivity index is 0.000000111. The number of ether oxygens (including phenoxy) is 2. The molecule has 17 heteroatoms. The highest BCUT2D eigenvalue weighted by Crippen LogP contribution is 2.31. The summed E-state index contributed by atoms with van der Waals surface area (Å²) in [5, 5.41) is 0. The van der Waals surface area contributed by atoms with E-state index in [1.807, 2.05) is 90.0 Å². The van der Waals surface area contributed by atoms with Crippen LogP contribution in [-0.4, -0.2) is 143 Å². The highest BCUT2D eigenvalue weighted by atomic mass is 19.1. The molecule has 4 aliphatic rings. The Morgan fingerprint density at radius 3 is 1.13 bits per heavy atom. The van der Waals surface area contributed by atoms with E-state index in [0.29, 0.717) is 38.0 Å². The number of benzene rings is 4. The number of alkyl halides is 2. The Morgan fingerprint density at radius 2 is 0.747 bits per heavy atom. The van der Waals surface area contributed by atoms with E-state index >= 15 is 0 Å². The Kier molecular flexibility index (Phi) is 18.1. The smallest absolute Gasteiger partial charge is 0.139 e. The van der Waals surface area contributed by atoms with Crippen molar-refractivity contribution >= 4 is 51.0 Å². The number of halogens is 2. The van der Waals surface area contributed by atoms with E-state index in [2.05, 4.69) is 185 Å². The van der Waals surface area contributed by atoms with Crippen LogP contribution in [-0.2, 0) is 9.47 Å². The summed E-state index contributed by atoms with van der Waals surface area (Å²) in [4.78, 5) is 30.2. The van der Waals surface area contributed by atoms with E-state index in [1.54, 1.807) is 14.2 Å². The third kappa shape index (κ3) is 14.1. The van der Waals surface area contributed by atoms with Gasteiger partial charge in [0.1, 0.15) is 34.9 Å². The van der Waals surface area contributed by atoms with Gasteiger partial charge in [0, 0.05) is 205 Å². The number of nitrogens with zero attached hydrogens (tertiary/aromatic N) is 13. The van der Waals surface area contributed by atoms with E-state index in [4.69, 9.17) is 24.4 Å². The van der Waals surface area contributed by atoms with Gasteiger partial charge in [0.2, 0.25) is 0 Å². The van der Waals surface area contributed by atoms with Crippen LogP contribution in [0, 0.1) is 6.92 Å². The zero-order valence-corrected chi connectivity index (χ0v) is 52.5. The van der Waals surface area contributed by atoms with Crippen molar-refractivity contribution in [3.63, 3.8) is 0 Å². The van der Waals surface area contributed by atoms with Gasteiger partial charge in [-0.3, -0.25) is 0 Å². The number of imidazole rings is 4. The molecule has 0 aliphatic carbocycles. The number of fused-ring (bicyclic) bond motifs is 4. The fourth-order valence-electron chi connectivity index (χ4n) is 12.5. The largest absolute Gasteiger partial charge is 0.380 e. The molecule has 0 amide bonds. The number of methoxy groups -OCH3 is 2. The first-order valence-corrected chi connectivity index (χ1v) is 31.7. The average Bonchev–Trinajstić information content (AvgIpc) is 1.81. The van der Waals surface area contributed by atoms with Gasteiger partial charge < -0.3 is 51.6 Å². The Morgan fingerprint density at radius 1 is 0.385 bits per heavy atom. The van der Waals surface area contributed by atoms with Crippen LogP contribution in [0.4, 0.5) is 37.2 Å². The number of aryl methyl sites for hydroxylation is 1. The van der Waals surface area contributed by atoms with Gasteiger partial charge in [-0.25, -0.2) is 28.7 Å². The molecule has 4 fully saturated rings. The van der Waals surface area contributed by atoms with Crippen molar-refractivity contribution in [3.8, 4) is 45.0 Å². The summed E-state index contributed by atoms with van der Waals surface area (Å²) in [6.45, 7) is 8.93. The molecule has 3 unspecified atom stereocenters. The SMILES string of the molecule is CN(C)c1ccc(-c2cn3ccc(N4CCC(F)CC4)cc3n2)cc1.COC1CCN(c2ccn3cc(-c4cccc(C)c4)nc3c2)C1.COC1CCN(c2ccn3cc(-c4ccccc4)nc3c2)C1.FC1CCN(c2ccn3cc(-c4ccccc4)nc3c2)C1. The molecule has 4 aliphatic heterocycles. The number of piperidine rings is 1. The van der Waals surface area contributed by atoms with Crippen LogP contribution >= 0.6 is 0 Å². The maximum Gasteiger partial charge on any atom is 0.139 e. The maximum atomic E-state index is 13.3. The lowest BCUT2D eigenvalue weighted by molar-refractivity contribution is 0.121. The number of aromatic nitrogens is 8. The summed E-state index contributed by atoms with van der Waals surface area (Å²) in [7, 11) is 7.65. The van der Waals surface area contributed by atoms with Crippen LogP contribution in [0.2, 0.25) is 0 Å². The van der Waals surface area contributed by atoms with Crippen molar-refractivity contribution in [1.82, 2.24) is 37.5 Å². The van der Waals surface area contributed by atoms with E-state index in [9.17, 15) is 8.78 Å². The standard InChI is InChI=1S/C20H23FN4.C19H21N3O.C18H19N3O.C17H16FN3/c1-23(2)17-5-3-15(4-6-17)19-14-25-12-9-18(13-20(25)22-19)24-10-7-16(21)8-11-24;1-14-4-3-5-15(10-14)18-13-22-8-6-16(11-19(22)20-18)21-9-7-17(12-21)23-2;1-22-16-8-10-20(12-16)15-7-9-21-13-17(19-18(21)11-15)14-5-3-2-4-6-14;18-14-6-8-20(11-14)15-7-9-21-12-16(19-17(21)10-15)13-4-2-1-3-5-13/h3-6,9,12-14,16H,7-8,10-11H2,1-2H3;3-6,8,10-11,13,17H,7,9,12H2,1-2H3;2-7,9,11,13,16H,8,10,12H2,1H3;1-5,7,9-10,12,14H,6,8,11H2. The molecular weight excluding hydrogens is 1140 g/mol. The van der Waals surface area contributed by atoms with Crippen molar-refractivity contribution in [1.29, 1.82) is 0 Å². The minimum absolute atomic E-state index is 0.342. The lowest BCUT2D eigenvalue weighted by Gasteiger charge is -2.30. The third-order valence-corrected chi connectivity index (χ3v) is 17.9. The predicted molar refractivity (Wildman–Crippen MR) is 365 cm³/mol. The highest BCUT2D eigenvalue weighted by Gasteiger charge is 2.26. The molecule has 3 atom stereocenters. The number of anilines is 5. The Labute approximate surface area is 531 Å². The third-order valence-electron chi connectivity index (χ3n) is 17.9. The molecule has 12 heterocycles. The normalized spacial score (nSPS) is 17.5. The summed E-state index contributed by atoms with van der Waals surface area (Å²) >= 11 is 0. The fourth-order valence-corrected chi connectivity index (χ4v) is 12.5. The number of hydrogen-bond acceptors (Lipinski definition) is 11. The van der Waals surface area contributed by atoms with Crippen molar-refractivity contribution in [2.24, 2.45) is 0 Å². The second-order valence-electron chi connectivity index (χ2n) is 24.3.